The minimum Gasteiger partial charge on any atom is -0.456 e. The van der Waals surface area contributed by atoms with Crippen LogP contribution in [0.2, 0.25) is 0 Å². The third-order valence-corrected chi connectivity index (χ3v) is 11.0. The van der Waals surface area contributed by atoms with E-state index in [-0.39, 0.29) is 0 Å². The Kier molecular flexibility index (Phi) is 6.05. The molecule has 0 radical (unpaired) electrons. The molecule has 0 amide bonds. The molecule has 4 heterocycles. The standard InChI is InChI=1S/C45H26N4OS/c1-3-11-27(12-4-1)43-46-44(28-13-5-2-6-14-28)48-45(47-43)29-19-21-32-36-26-30(20-24-38(36)50-39(32)25-29)49-37-17-9-7-15-31(37)34-22-23-35-33-16-8-10-18-40(33)51-42(35)41(34)49/h1-26H. The van der Waals surface area contributed by atoms with Crippen LogP contribution in [0, 0.1) is 0 Å². The average molecular weight is 671 g/mol. The van der Waals surface area contributed by atoms with Gasteiger partial charge in [-0.15, -0.1) is 11.3 Å². The molecule has 0 aliphatic carbocycles. The summed E-state index contributed by atoms with van der Waals surface area (Å²) in [6.45, 7) is 0. The van der Waals surface area contributed by atoms with E-state index in [0.717, 1.165) is 44.3 Å². The summed E-state index contributed by atoms with van der Waals surface area (Å²) in [5, 5.41) is 7.20. The van der Waals surface area contributed by atoms with Gasteiger partial charge in [0.1, 0.15) is 11.2 Å². The Morgan fingerprint density at radius 3 is 1.82 bits per heavy atom. The molecule has 0 saturated carbocycles. The van der Waals surface area contributed by atoms with Gasteiger partial charge in [0, 0.05) is 59.4 Å². The third kappa shape index (κ3) is 4.37. The van der Waals surface area contributed by atoms with Crippen LogP contribution in [0.25, 0.3) is 104 Å². The van der Waals surface area contributed by atoms with E-state index in [1.54, 1.807) is 0 Å². The molecule has 11 rings (SSSR count). The van der Waals surface area contributed by atoms with Crippen LogP contribution in [0.4, 0.5) is 0 Å². The fourth-order valence-corrected chi connectivity index (χ4v) is 8.72. The number of para-hydroxylation sites is 1. The fourth-order valence-electron chi connectivity index (χ4n) is 7.48. The lowest BCUT2D eigenvalue weighted by Crippen LogP contribution is -2.00. The molecule has 4 aromatic heterocycles. The van der Waals surface area contributed by atoms with Gasteiger partial charge in [0.2, 0.25) is 0 Å². The normalized spacial score (nSPS) is 11.9. The van der Waals surface area contributed by atoms with Gasteiger partial charge in [0.15, 0.2) is 17.5 Å². The number of nitrogens with zero attached hydrogens (tertiary/aromatic N) is 4. The van der Waals surface area contributed by atoms with Gasteiger partial charge in [0.05, 0.1) is 15.7 Å². The van der Waals surface area contributed by atoms with E-state index < -0.39 is 0 Å². The molecule has 0 bridgehead atoms. The van der Waals surface area contributed by atoms with Gasteiger partial charge in [-0.2, -0.15) is 0 Å². The van der Waals surface area contributed by atoms with E-state index in [1.807, 2.05) is 72.0 Å². The number of thiophene rings is 1. The van der Waals surface area contributed by atoms with Crippen molar-refractivity contribution in [1.82, 2.24) is 19.5 Å². The van der Waals surface area contributed by atoms with Gasteiger partial charge >= 0.3 is 0 Å². The minimum atomic E-state index is 0.600. The topological polar surface area (TPSA) is 56.7 Å². The Morgan fingerprint density at radius 1 is 0.431 bits per heavy atom. The molecule has 5 nitrogen and oxygen atoms in total. The summed E-state index contributed by atoms with van der Waals surface area (Å²) < 4.78 is 11.5. The zero-order chi connectivity index (χ0) is 33.5. The maximum absolute atomic E-state index is 6.52. The Labute approximate surface area is 295 Å². The van der Waals surface area contributed by atoms with Crippen molar-refractivity contribution in [3.63, 3.8) is 0 Å². The fraction of sp³-hybridized carbons (Fsp3) is 0. The van der Waals surface area contributed by atoms with Gasteiger partial charge in [0.25, 0.3) is 0 Å². The van der Waals surface area contributed by atoms with Crippen LogP contribution < -0.4 is 0 Å². The highest BCUT2D eigenvalue weighted by atomic mass is 32.1. The lowest BCUT2D eigenvalue weighted by atomic mass is 10.1. The summed E-state index contributed by atoms with van der Waals surface area (Å²) in [7, 11) is 0. The van der Waals surface area contributed by atoms with E-state index in [9.17, 15) is 0 Å². The molecule has 238 valence electrons. The predicted octanol–water partition coefficient (Wildman–Crippen LogP) is 12.2. The molecule has 0 unspecified atom stereocenters. The Morgan fingerprint density at radius 2 is 1.06 bits per heavy atom. The first-order valence-corrected chi connectivity index (χ1v) is 17.8. The van der Waals surface area contributed by atoms with Crippen LogP contribution in [-0.4, -0.2) is 19.5 Å². The third-order valence-electron chi connectivity index (χ3n) is 9.85. The summed E-state index contributed by atoms with van der Waals surface area (Å²) in [6.07, 6.45) is 0. The molecular weight excluding hydrogens is 645 g/mol. The molecule has 0 N–H and O–H groups in total. The molecule has 0 saturated heterocycles. The molecule has 0 fully saturated rings. The van der Waals surface area contributed by atoms with Crippen molar-refractivity contribution in [2.45, 2.75) is 0 Å². The van der Waals surface area contributed by atoms with E-state index in [1.165, 1.54) is 42.0 Å². The number of furan rings is 1. The number of hydrogen-bond donors (Lipinski definition) is 0. The van der Waals surface area contributed by atoms with Crippen LogP contribution in [0.3, 0.4) is 0 Å². The van der Waals surface area contributed by atoms with Crippen LogP contribution in [0.15, 0.2) is 162 Å². The summed E-state index contributed by atoms with van der Waals surface area (Å²) in [6, 6.07) is 54.9. The molecule has 6 heteroatoms. The molecule has 0 aliphatic rings. The lowest BCUT2D eigenvalue weighted by Gasteiger charge is -2.09. The van der Waals surface area contributed by atoms with Gasteiger partial charge in [-0.25, -0.2) is 15.0 Å². The van der Waals surface area contributed by atoms with Crippen LogP contribution >= 0.6 is 11.3 Å². The van der Waals surface area contributed by atoms with E-state index >= 15 is 0 Å². The van der Waals surface area contributed by atoms with E-state index in [2.05, 4.69) is 102 Å². The molecule has 0 spiro atoms. The molecule has 11 aromatic rings. The minimum absolute atomic E-state index is 0.600. The quantitative estimate of drug-likeness (QED) is 0.187. The monoisotopic (exact) mass is 670 g/mol. The van der Waals surface area contributed by atoms with Gasteiger partial charge in [-0.1, -0.05) is 115 Å². The largest absolute Gasteiger partial charge is 0.456 e. The van der Waals surface area contributed by atoms with E-state index in [0.29, 0.717) is 17.5 Å². The number of aromatic nitrogens is 4. The van der Waals surface area contributed by atoms with Crippen molar-refractivity contribution in [3.8, 4) is 39.9 Å². The Balaban J connectivity index is 1.10. The summed E-state index contributed by atoms with van der Waals surface area (Å²) in [5.41, 5.74) is 7.90. The second kappa shape index (κ2) is 10.9. The first-order chi connectivity index (χ1) is 25.3. The van der Waals surface area contributed by atoms with Gasteiger partial charge in [-0.3, -0.25) is 0 Å². The zero-order valence-electron chi connectivity index (χ0n) is 27.1. The molecular formula is C45H26N4OS. The molecule has 7 aromatic carbocycles. The second-order valence-corrected chi connectivity index (χ2v) is 13.9. The highest BCUT2D eigenvalue weighted by molar-refractivity contribution is 7.26. The molecule has 51 heavy (non-hydrogen) atoms. The van der Waals surface area contributed by atoms with Crippen molar-refractivity contribution in [3.05, 3.63) is 158 Å². The number of benzene rings is 7. The van der Waals surface area contributed by atoms with Crippen molar-refractivity contribution in [2.75, 3.05) is 0 Å². The maximum Gasteiger partial charge on any atom is 0.164 e. The lowest BCUT2D eigenvalue weighted by molar-refractivity contribution is 0.669. The average Bonchev–Trinajstić information content (AvgIpc) is 3.87. The van der Waals surface area contributed by atoms with Crippen LogP contribution in [0.1, 0.15) is 0 Å². The second-order valence-electron chi connectivity index (χ2n) is 12.8. The predicted molar refractivity (Wildman–Crippen MR) is 211 cm³/mol. The summed E-state index contributed by atoms with van der Waals surface area (Å²) >= 11 is 1.87. The SMILES string of the molecule is c1ccc(-c2nc(-c3ccccc3)nc(-c3ccc4c(c3)oc3ccc(-n5c6ccccc6c6ccc7c8ccccc8sc7c65)cc34)n2)cc1. The highest BCUT2D eigenvalue weighted by Gasteiger charge is 2.19. The van der Waals surface area contributed by atoms with Crippen molar-refractivity contribution in [1.29, 1.82) is 0 Å². The Hall–Kier alpha value is -6.63. The number of hydrogen-bond acceptors (Lipinski definition) is 5. The number of rotatable bonds is 4. The molecule has 0 aliphatic heterocycles. The summed E-state index contributed by atoms with van der Waals surface area (Å²) in [4.78, 5) is 14.7. The maximum atomic E-state index is 6.52. The van der Waals surface area contributed by atoms with Crippen LogP contribution in [0.5, 0.6) is 0 Å². The zero-order valence-corrected chi connectivity index (χ0v) is 27.9. The van der Waals surface area contributed by atoms with Crippen LogP contribution in [-0.2, 0) is 0 Å². The van der Waals surface area contributed by atoms with Crippen molar-refractivity contribution in [2.24, 2.45) is 0 Å². The van der Waals surface area contributed by atoms with Crippen molar-refractivity contribution < 1.29 is 4.42 Å². The first kappa shape index (κ1) is 28.2. The van der Waals surface area contributed by atoms with E-state index in [4.69, 9.17) is 19.4 Å². The summed E-state index contributed by atoms with van der Waals surface area (Å²) in [5.74, 6) is 1.86. The van der Waals surface area contributed by atoms with Gasteiger partial charge < -0.3 is 8.98 Å². The smallest absolute Gasteiger partial charge is 0.164 e. The molecule has 0 atom stereocenters. The van der Waals surface area contributed by atoms with Gasteiger partial charge in [-0.05, 0) is 42.5 Å². The first-order valence-electron chi connectivity index (χ1n) is 16.9. The number of fused-ring (bicyclic) bond motifs is 10. The van der Waals surface area contributed by atoms with Crippen molar-refractivity contribution >= 4 is 75.3 Å². The highest BCUT2D eigenvalue weighted by Crippen LogP contribution is 2.43. The Bertz CT molecular complexity index is 3080.